The Labute approximate surface area is 71.1 Å². The number of nitrogen functional groups attached to an aromatic ring is 1. The molecule has 0 amide bonds. The van der Waals surface area contributed by atoms with E-state index in [0.29, 0.717) is 5.92 Å². The summed E-state index contributed by atoms with van der Waals surface area (Å²) in [6.45, 7) is 3.12. The van der Waals surface area contributed by atoms with E-state index in [2.05, 4.69) is 28.0 Å². The Hall–Kier alpha value is -1.29. The van der Waals surface area contributed by atoms with E-state index in [1.165, 1.54) is 0 Å². The maximum Gasteiger partial charge on any atom is 0.140 e. The van der Waals surface area contributed by atoms with Gasteiger partial charge < -0.3 is 9.99 Å². The minimum atomic E-state index is 0.554. The number of anilines is 1. The van der Waals surface area contributed by atoms with E-state index in [9.17, 15) is 0 Å². The van der Waals surface area contributed by atoms with Gasteiger partial charge in [0.1, 0.15) is 11.6 Å². The summed E-state index contributed by atoms with van der Waals surface area (Å²) >= 11 is 0. The van der Waals surface area contributed by atoms with Crippen LogP contribution in [0, 0.1) is 5.92 Å². The fraction of sp³-hybridized carbons (Fsp3) is 0.375. The Morgan fingerprint density at radius 1 is 1.75 bits per heavy atom. The zero-order valence-electron chi connectivity index (χ0n) is 6.99. The molecule has 0 spiro atoms. The number of hydrogen-bond acceptors (Lipinski definition) is 3. The highest BCUT2D eigenvalue weighted by molar-refractivity contribution is 5.49. The van der Waals surface area contributed by atoms with Gasteiger partial charge in [-0.25, -0.2) is 10.8 Å². The summed E-state index contributed by atoms with van der Waals surface area (Å²) in [6, 6.07) is 0. The summed E-state index contributed by atoms with van der Waals surface area (Å²) in [5.41, 5.74) is 2.62. The molecule has 0 bridgehead atoms. The molecule has 1 atom stereocenters. The van der Waals surface area contributed by atoms with Crippen LogP contribution in [0.3, 0.4) is 0 Å². The molecule has 0 radical (unpaired) electrons. The predicted molar refractivity (Wildman–Crippen MR) is 48.2 cm³/mol. The molecule has 2 rings (SSSR count). The molecular weight excluding hydrogens is 152 g/mol. The zero-order valence-corrected chi connectivity index (χ0v) is 6.99. The van der Waals surface area contributed by atoms with Gasteiger partial charge in [0, 0.05) is 6.54 Å². The van der Waals surface area contributed by atoms with Crippen LogP contribution in [0.2, 0.25) is 0 Å². The number of fused-ring (bicyclic) bond motifs is 1. The quantitative estimate of drug-likeness (QED) is 0.477. The van der Waals surface area contributed by atoms with Crippen LogP contribution >= 0.6 is 0 Å². The lowest BCUT2D eigenvalue weighted by atomic mass is 10.1. The van der Waals surface area contributed by atoms with Crippen LogP contribution in [-0.4, -0.2) is 9.55 Å². The van der Waals surface area contributed by atoms with Gasteiger partial charge in [0.2, 0.25) is 0 Å². The summed E-state index contributed by atoms with van der Waals surface area (Å²) < 4.78 is 2.07. The lowest BCUT2D eigenvalue weighted by Crippen LogP contribution is -2.17. The van der Waals surface area contributed by atoms with Gasteiger partial charge in [-0.2, -0.15) is 0 Å². The second kappa shape index (κ2) is 2.64. The molecule has 64 valence electrons. The van der Waals surface area contributed by atoms with Crippen LogP contribution < -0.4 is 11.3 Å². The first-order chi connectivity index (χ1) is 5.81. The van der Waals surface area contributed by atoms with Crippen molar-refractivity contribution in [3.63, 3.8) is 0 Å². The van der Waals surface area contributed by atoms with Gasteiger partial charge in [0.25, 0.3) is 0 Å². The number of aromatic nitrogens is 2. The monoisotopic (exact) mass is 164 g/mol. The molecule has 4 heteroatoms. The summed E-state index contributed by atoms with van der Waals surface area (Å²) in [5, 5.41) is 0. The average Bonchev–Trinajstić information content (AvgIpc) is 2.46. The van der Waals surface area contributed by atoms with Crippen molar-refractivity contribution in [1.29, 1.82) is 0 Å². The van der Waals surface area contributed by atoms with E-state index in [0.717, 1.165) is 18.2 Å². The average molecular weight is 164 g/mol. The van der Waals surface area contributed by atoms with Crippen LogP contribution in [0.5, 0.6) is 0 Å². The number of hydrogen-bond donors (Lipinski definition) is 2. The van der Waals surface area contributed by atoms with Crippen LogP contribution in [0.25, 0.3) is 6.08 Å². The molecule has 0 fully saturated rings. The van der Waals surface area contributed by atoms with Crippen LogP contribution in [0.1, 0.15) is 12.7 Å². The second-order valence-electron chi connectivity index (χ2n) is 3.09. The first kappa shape index (κ1) is 7.36. The largest absolute Gasteiger partial charge is 0.310 e. The third-order valence-electron chi connectivity index (χ3n) is 2.08. The maximum atomic E-state index is 5.33. The van der Waals surface area contributed by atoms with E-state index in [1.807, 2.05) is 6.08 Å². The second-order valence-corrected chi connectivity index (χ2v) is 3.09. The van der Waals surface area contributed by atoms with Gasteiger partial charge in [0.05, 0.1) is 6.20 Å². The molecule has 12 heavy (non-hydrogen) atoms. The molecule has 0 aromatic carbocycles. The van der Waals surface area contributed by atoms with Crippen molar-refractivity contribution in [2.24, 2.45) is 11.8 Å². The van der Waals surface area contributed by atoms with Gasteiger partial charge >= 0.3 is 0 Å². The number of nitrogens with one attached hydrogen (secondary N) is 1. The Morgan fingerprint density at radius 2 is 2.58 bits per heavy atom. The number of allylic oxidation sites excluding steroid dienone is 1. The van der Waals surface area contributed by atoms with Crippen molar-refractivity contribution in [2.75, 3.05) is 5.43 Å². The fourth-order valence-corrected chi connectivity index (χ4v) is 1.43. The third kappa shape index (κ3) is 1.00. The molecule has 1 aromatic heterocycles. The number of rotatable bonds is 1. The standard InChI is InChI=1S/C8H12N4/c1-6-2-3-7-10-4-8(11-9)12(7)5-6/h2-4,6,11H,5,9H2,1H3. The smallest absolute Gasteiger partial charge is 0.140 e. The molecule has 1 aliphatic heterocycles. The van der Waals surface area contributed by atoms with Gasteiger partial charge in [-0.3, -0.25) is 0 Å². The van der Waals surface area contributed by atoms with Gasteiger partial charge in [-0.1, -0.05) is 13.0 Å². The van der Waals surface area contributed by atoms with E-state index >= 15 is 0 Å². The topological polar surface area (TPSA) is 55.9 Å². The Morgan fingerprint density at radius 3 is 3.33 bits per heavy atom. The summed E-state index contributed by atoms with van der Waals surface area (Å²) in [5.74, 6) is 7.73. The molecule has 0 aliphatic carbocycles. The van der Waals surface area contributed by atoms with Crippen molar-refractivity contribution in [1.82, 2.24) is 9.55 Å². The van der Waals surface area contributed by atoms with E-state index in [1.54, 1.807) is 6.20 Å². The lowest BCUT2D eigenvalue weighted by molar-refractivity contribution is 0.559. The first-order valence-electron chi connectivity index (χ1n) is 4.01. The highest BCUT2D eigenvalue weighted by atomic mass is 15.3. The van der Waals surface area contributed by atoms with Crippen molar-refractivity contribution in [3.05, 3.63) is 18.1 Å². The molecule has 3 N–H and O–H groups in total. The van der Waals surface area contributed by atoms with E-state index in [-0.39, 0.29) is 0 Å². The Bertz CT molecular complexity index is 313. The molecule has 4 nitrogen and oxygen atoms in total. The van der Waals surface area contributed by atoms with Crippen molar-refractivity contribution in [3.8, 4) is 0 Å². The highest BCUT2D eigenvalue weighted by Crippen LogP contribution is 2.19. The maximum absolute atomic E-state index is 5.33. The zero-order chi connectivity index (χ0) is 8.55. The lowest BCUT2D eigenvalue weighted by Gasteiger charge is -2.16. The van der Waals surface area contributed by atoms with Crippen LogP contribution in [0.4, 0.5) is 5.82 Å². The summed E-state index contributed by atoms with van der Waals surface area (Å²) in [7, 11) is 0. The Kier molecular flexibility index (Phi) is 1.62. The van der Waals surface area contributed by atoms with Crippen LogP contribution in [-0.2, 0) is 6.54 Å². The minimum absolute atomic E-state index is 0.554. The van der Waals surface area contributed by atoms with E-state index in [4.69, 9.17) is 5.84 Å². The Balaban J connectivity index is 2.43. The summed E-state index contributed by atoms with van der Waals surface area (Å²) in [6.07, 6.45) is 5.93. The van der Waals surface area contributed by atoms with Gasteiger partial charge in [-0.15, -0.1) is 0 Å². The number of nitrogens with two attached hydrogens (primary N) is 1. The summed E-state index contributed by atoms with van der Waals surface area (Å²) in [4.78, 5) is 4.20. The van der Waals surface area contributed by atoms with Crippen molar-refractivity contribution < 1.29 is 0 Å². The molecular formula is C8H12N4. The van der Waals surface area contributed by atoms with E-state index < -0.39 is 0 Å². The predicted octanol–water partition coefficient (Wildman–Crippen LogP) is 0.832. The number of hydrazine groups is 1. The molecule has 1 aliphatic rings. The SMILES string of the molecule is CC1C=Cc2ncc(NN)n2C1. The minimum Gasteiger partial charge on any atom is -0.310 e. The molecule has 2 heterocycles. The molecule has 1 aromatic rings. The molecule has 0 saturated heterocycles. The van der Waals surface area contributed by atoms with Gasteiger partial charge in [0.15, 0.2) is 0 Å². The first-order valence-corrected chi connectivity index (χ1v) is 4.01. The molecule has 1 unspecified atom stereocenters. The fourth-order valence-electron chi connectivity index (χ4n) is 1.43. The number of imidazole rings is 1. The van der Waals surface area contributed by atoms with Crippen LogP contribution in [0.15, 0.2) is 12.3 Å². The normalized spacial score (nSPS) is 20.7. The highest BCUT2D eigenvalue weighted by Gasteiger charge is 2.12. The van der Waals surface area contributed by atoms with Crippen molar-refractivity contribution in [2.45, 2.75) is 13.5 Å². The van der Waals surface area contributed by atoms with Crippen molar-refractivity contribution >= 4 is 11.9 Å². The third-order valence-corrected chi connectivity index (χ3v) is 2.08. The molecule has 0 saturated carbocycles. The number of nitrogens with zero attached hydrogens (tertiary/aromatic N) is 2. The van der Waals surface area contributed by atoms with Gasteiger partial charge in [-0.05, 0) is 12.0 Å².